The lowest BCUT2D eigenvalue weighted by Gasteiger charge is -2.19. The molecule has 100 valence electrons. The van der Waals surface area contributed by atoms with E-state index in [4.69, 9.17) is 23.2 Å². The molecule has 0 spiro atoms. The van der Waals surface area contributed by atoms with Crippen LogP contribution in [0.15, 0.2) is 36.7 Å². The lowest BCUT2D eigenvalue weighted by atomic mass is 10.00. The van der Waals surface area contributed by atoms with Gasteiger partial charge in [0.2, 0.25) is 0 Å². The third kappa shape index (κ3) is 3.81. The summed E-state index contributed by atoms with van der Waals surface area (Å²) >= 11 is 14.6. The first-order valence-electron chi connectivity index (χ1n) is 5.82. The summed E-state index contributed by atoms with van der Waals surface area (Å²) in [7, 11) is 1.94. The number of aromatic nitrogens is 1. The summed E-state index contributed by atoms with van der Waals surface area (Å²) in [5.74, 6) is 0. The van der Waals surface area contributed by atoms with Crippen molar-refractivity contribution >= 4 is 45.8 Å². The first-order chi connectivity index (χ1) is 9.11. The van der Waals surface area contributed by atoms with Crippen LogP contribution in [0.1, 0.15) is 17.2 Å². The molecule has 1 heterocycles. The van der Waals surface area contributed by atoms with Crippen molar-refractivity contribution in [2.45, 2.75) is 12.5 Å². The summed E-state index contributed by atoms with van der Waals surface area (Å²) < 4.78 is 1.19. The normalized spacial score (nSPS) is 12.4. The number of hydrogen-bond donors (Lipinski definition) is 1. The van der Waals surface area contributed by atoms with E-state index in [1.807, 2.05) is 31.3 Å². The zero-order chi connectivity index (χ0) is 13.8. The van der Waals surface area contributed by atoms with Gasteiger partial charge >= 0.3 is 0 Å². The van der Waals surface area contributed by atoms with Crippen molar-refractivity contribution in [2.75, 3.05) is 7.05 Å². The average Bonchev–Trinajstić information content (AvgIpc) is 2.41. The van der Waals surface area contributed by atoms with Gasteiger partial charge in [-0.15, -0.1) is 0 Å². The minimum absolute atomic E-state index is 0.172. The van der Waals surface area contributed by atoms with Gasteiger partial charge in [-0.25, -0.2) is 0 Å². The molecule has 2 nitrogen and oxygen atoms in total. The Hall–Kier alpha value is -0.360. The molecule has 0 aliphatic carbocycles. The Morgan fingerprint density at radius 2 is 2.11 bits per heavy atom. The van der Waals surface area contributed by atoms with Crippen LogP contribution in [0.5, 0.6) is 0 Å². The minimum atomic E-state index is 0.172. The highest BCUT2D eigenvalue weighted by Gasteiger charge is 2.15. The van der Waals surface area contributed by atoms with Gasteiger partial charge in [0.15, 0.2) is 0 Å². The summed E-state index contributed by atoms with van der Waals surface area (Å²) in [6, 6.07) is 8.05. The van der Waals surface area contributed by atoms with Crippen LogP contribution < -0.4 is 5.32 Å². The number of benzene rings is 1. The molecule has 0 amide bonds. The summed E-state index contributed by atoms with van der Waals surface area (Å²) in [6.45, 7) is 0. The van der Waals surface area contributed by atoms with E-state index >= 15 is 0 Å². The largest absolute Gasteiger partial charge is 0.313 e. The van der Waals surface area contributed by atoms with Crippen LogP contribution in [0.4, 0.5) is 0 Å². The zero-order valence-electron chi connectivity index (χ0n) is 10.3. The molecule has 0 aliphatic rings. The first kappa shape index (κ1) is 15.0. The highest BCUT2D eigenvalue weighted by atomic mass is 127. The average molecular weight is 407 g/mol. The van der Waals surface area contributed by atoms with Crippen LogP contribution in [0, 0.1) is 3.57 Å². The van der Waals surface area contributed by atoms with Gasteiger partial charge in [0.25, 0.3) is 0 Å². The lowest BCUT2D eigenvalue weighted by Crippen LogP contribution is -2.20. The smallest absolute Gasteiger partial charge is 0.0622 e. The SMILES string of the molecule is CNC(Cc1ccncc1Cl)c1cc(Cl)ccc1I. The number of halogens is 3. The summed E-state index contributed by atoms with van der Waals surface area (Å²) in [5.41, 5.74) is 2.26. The fourth-order valence-electron chi connectivity index (χ4n) is 1.94. The van der Waals surface area contributed by atoms with Crippen LogP contribution in [0.2, 0.25) is 10.0 Å². The lowest BCUT2D eigenvalue weighted by molar-refractivity contribution is 0.589. The van der Waals surface area contributed by atoms with Crippen molar-refractivity contribution in [3.05, 3.63) is 61.4 Å². The Labute approximate surface area is 136 Å². The zero-order valence-corrected chi connectivity index (χ0v) is 14.0. The van der Waals surface area contributed by atoms with E-state index < -0.39 is 0 Å². The van der Waals surface area contributed by atoms with Crippen LogP contribution in [-0.2, 0) is 6.42 Å². The molecular weight excluding hydrogens is 394 g/mol. The van der Waals surface area contributed by atoms with Gasteiger partial charge < -0.3 is 5.32 Å². The molecule has 2 rings (SSSR count). The number of hydrogen-bond acceptors (Lipinski definition) is 2. The molecule has 1 unspecified atom stereocenters. The molecule has 0 saturated carbocycles. The van der Waals surface area contributed by atoms with E-state index in [-0.39, 0.29) is 6.04 Å². The minimum Gasteiger partial charge on any atom is -0.313 e. The number of nitrogens with zero attached hydrogens (tertiary/aromatic N) is 1. The number of pyridine rings is 1. The van der Waals surface area contributed by atoms with Crippen molar-refractivity contribution < 1.29 is 0 Å². The van der Waals surface area contributed by atoms with Gasteiger partial charge in [-0.3, -0.25) is 4.98 Å². The summed E-state index contributed by atoms with van der Waals surface area (Å²) in [5, 5.41) is 4.76. The second kappa shape index (κ2) is 6.88. The van der Waals surface area contributed by atoms with Gasteiger partial charge in [0.05, 0.1) is 5.02 Å². The Kier molecular flexibility index (Phi) is 5.45. The van der Waals surface area contributed by atoms with Gasteiger partial charge in [-0.2, -0.15) is 0 Å². The second-order valence-corrected chi connectivity index (χ2v) is 6.18. The number of nitrogens with one attached hydrogen (secondary N) is 1. The highest BCUT2D eigenvalue weighted by molar-refractivity contribution is 14.1. The first-order valence-corrected chi connectivity index (χ1v) is 7.66. The van der Waals surface area contributed by atoms with E-state index in [1.54, 1.807) is 12.4 Å². The molecule has 1 aromatic carbocycles. The molecule has 2 aromatic rings. The topological polar surface area (TPSA) is 24.9 Å². The van der Waals surface area contributed by atoms with E-state index in [0.717, 1.165) is 17.0 Å². The standard InChI is InChI=1S/C14H13Cl2IN2/c1-18-14(6-9-4-5-19-8-12(9)16)11-7-10(15)2-3-13(11)17/h2-5,7-8,14,18H,6H2,1H3. The summed E-state index contributed by atoms with van der Waals surface area (Å²) in [4.78, 5) is 4.01. The number of likely N-dealkylation sites (N-methyl/N-ethyl adjacent to an activating group) is 1. The van der Waals surface area contributed by atoms with E-state index in [0.29, 0.717) is 5.02 Å². The monoisotopic (exact) mass is 406 g/mol. The third-order valence-electron chi connectivity index (χ3n) is 2.96. The molecule has 0 fully saturated rings. The molecule has 1 N–H and O–H groups in total. The van der Waals surface area contributed by atoms with Gasteiger partial charge in [-0.05, 0) is 71.5 Å². The molecule has 5 heteroatoms. The van der Waals surface area contributed by atoms with Gasteiger partial charge in [0, 0.05) is 27.0 Å². The van der Waals surface area contributed by atoms with Crippen LogP contribution >= 0.6 is 45.8 Å². The molecule has 1 aromatic heterocycles. The van der Waals surface area contributed by atoms with Gasteiger partial charge in [0.1, 0.15) is 0 Å². The maximum Gasteiger partial charge on any atom is 0.0622 e. The fraction of sp³-hybridized carbons (Fsp3) is 0.214. The van der Waals surface area contributed by atoms with Crippen molar-refractivity contribution in [1.82, 2.24) is 10.3 Å². The molecule has 0 bridgehead atoms. The highest BCUT2D eigenvalue weighted by Crippen LogP contribution is 2.28. The molecule has 19 heavy (non-hydrogen) atoms. The Morgan fingerprint density at radius 3 is 2.79 bits per heavy atom. The predicted molar refractivity (Wildman–Crippen MR) is 88.9 cm³/mol. The van der Waals surface area contributed by atoms with E-state index in [9.17, 15) is 0 Å². The molecule has 0 aliphatic heterocycles. The third-order valence-corrected chi connectivity index (χ3v) is 4.52. The number of rotatable bonds is 4. The maximum absolute atomic E-state index is 6.17. The Bertz CT molecular complexity index is 575. The van der Waals surface area contributed by atoms with Crippen molar-refractivity contribution in [3.63, 3.8) is 0 Å². The fourth-order valence-corrected chi connectivity index (χ4v) is 3.03. The van der Waals surface area contributed by atoms with Crippen molar-refractivity contribution in [1.29, 1.82) is 0 Å². The van der Waals surface area contributed by atoms with E-state index in [2.05, 4.69) is 32.9 Å². The Balaban J connectivity index is 2.30. The molecule has 0 radical (unpaired) electrons. The summed E-state index contributed by atoms with van der Waals surface area (Å²) in [6.07, 6.45) is 4.23. The van der Waals surface area contributed by atoms with Crippen molar-refractivity contribution in [3.8, 4) is 0 Å². The van der Waals surface area contributed by atoms with Crippen LogP contribution in [-0.4, -0.2) is 12.0 Å². The van der Waals surface area contributed by atoms with Gasteiger partial charge in [-0.1, -0.05) is 23.2 Å². The van der Waals surface area contributed by atoms with Crippen LogP contribution in [0.3, 0.4) is 0 Å². The molecule has 1 atom stereocenters. The van der Waals surface area contributed by atoms with Crippen LogP contribution in [0.25, 0.3) is 0 Å². The molecule has 0 saturated heterocycles. The maximum atomic E-state index is 6.17. The van der Waals surface area contributed by atoms with E-state index in [1.165, 1.54) is 9.13 Å². The quantitative estimate of drug-likeness (QED) is 0.756. The molecular formula is C14H13Cl2IN2. The van der Waals surface area contributed by atoms with Crippen molar-refractivity contribution in [2.24, 2.45) is 0 Å². The second-order valence-electron chi connectivity index (χ2n) is 4.18. The predicted octanol–water partition coefficient (Wildman–Crippen LogP) is 4.50. The Morgan fingerprint density at radius 1 is 1.32 bits per heavy atom.